The molecular formula is C17H20ClN3O3. The van der Waals surface area contributed by atoms with Gasteiger partial charge in [0.05, 0.1) is 36.5 Å². The fourth-order valence-corrected chi connectivity index (χ4v) is 3.34. The van der Waals surface area contributed by atoms with Crippen LogP contribution >= 0.6 is 11.6 Å². The highest BCUT2D eigenvalue weighted by Crippen LogP contribution is 2.37. The molecule has 1 aliphatic rings. The van der Waals surface area contributed by atoms with E-state index in [-0.39, 0.29) is 18.6 Å². The quantitative estimate of drug-likeness (QED) is 0.650. The van der Waals surface area contributed by atoms with Crippen LogP contribution in [-0.4, -0.2) is 40.8 Å². The van der Waals surface area contributed by atoms with E-state index in [9.17, 15) is 9.90 Å². The predicted molar refractivity (Wildman–Crippen MR) is 90.7 cm³/mol. The van der Waals surface area contributed by atoms with Gasteiger partial charge in [-0.3, -0.25) is 15.1 Å². The zero-order chi connectivity index (χ0) is 17.2. The summed E-state index contributed by atoms with van der Waals surface area (Å²) in [6, 6.07) is 5.62. The molecule has 3 rings (SSSR count). The number of nitrogens with one attached hydrogen (secondary N) is 1. The van der Waals surface area contributed by atoms with Gasteiger partial charge in [0, 0.05) is 17.6 Å². The second-order valence-electron chi connectivity index (χ2n) is 6.14. The van der Waals surface area contributed by atoms with E-state index in [0.29, 0.717) is 30.8 Å². The number of hydrogen-bond acceptors (Lipinski definition) is 6. The molecule has 0 aliphatic heterocycles. The first kappa shape index (κ1) is 17.1. The molecule has 1 aliphatic carbocycles. The number of fused-ring (bicyclic) bond motifs is 1. The number of pyridine rings is 2. The molecular weight excluding hydrogens is 330 g/mol. The first-order valence-corrected chi connectivity index (χ1v) is 8.33. The Hall–Kier alpha value is -1.76. The van der Waals surface area contributed by atoms with E-state index in [0.717, 1.165) is 16.6 Å². The van der Waals surface area contributed by atoms with Crippen molar-refractivity contribution in [2.75, 3.05) is 13.7 Å². The first-order valence-electron chi connectivity index (χ1n) is 7.95. The molecule has 0 radical (unpaired) electrons. The maximum atomic E-state index is 11.6. The van der Waals surface area contributed by atoms with Crippen LogP contribution in [-0.2, 0) is 15.1 Å². The van der Waals surface area contributed by atoms with Crippen molar-refractivity contribution in [3.63, 3.8) is 0 Å². The Labute approximate surface area is 145 Å². The number of esters is 1. The van der Waals surface area contributed by atoms with Crippen molar-refractivity contribution in [3.8, 4) is 0 Å². The molecule has 1 saturated carbocycles. The molecule has 0 spiro atoms. The van der Waals surface area contributed by atoms with Crippen LogP contribution < -0.4 is 5.32 Å². The van der Waals surface area contributed by atoms with Gasteiger partial charge >= 0.3 is 5.97 Å². The second-order valence-corrected chi connectivity index (χ2v) is 6.53. The van der Waals surface area contributed by atoms with E-state index >= 15 is 0 Å². The summed E-state index contributed by atoms with van der Waals surface area (Å²) in [5, 5.41) is 14.5. The molecule has 0 unspecified atom stereocenters. The SMILES string of the molecule is COC(=O)CNC1(c2ccc3cnc(Cl)cc3n2)CCC(O)CC1. The molecule has 2 N–H and O–H groups in total. The molecule has 0 aromatic carbocycles. The average molecular weight is 350 g/mol. The largest absolute Gasteiger partial charge is 0.468 e. The lowest BCUT2D eigenvalue weighted by Gasteiger charge is -2.39. The van der Waals surface area contributed by atoms with Gasteiger partial charge in [0.25, 0.3) is 0 Å². The highest BCUT2D eigenvalue weighted by molar-refractivity contribution is 6.29. The van der Waals surface area contributed by atoms with Crippen molar-refractivity contribution in [1.29, 1.82) is 0 Å². The molecule has 24 heavy (non-hydrogen) atoms. The van der Waals surface area contributed by atoms with Crippen LogP contribution in [0.3, 0.4) is 0 Å². The summed E-state index contributed by atoms with van der Waals surface area (Å²) in [6.45, 7) is 0.101. The van der Waals surface area contributed by atoms with Crippen molar-refractivity contribution in [3.05, 3.63) is 35.2 Å². The number of hydrogen-bond donors (Lipinski definition) is 2. The highest BCUT2D eigenvalue weighted by atomic mass is 35.5. The molecule has 0 bridgehead atoms. The van der Waals surface area contributed by atoms with Crippen molar-refractivity contribution >= 4 is 28.5 Å². The molecule has 2 aromatic heterocycles. The molecule has 0 atom stereocenters. The fourth-order valence-electron chi connectivity index (χ4n) is 3.19. The van der Waals surface area contributed by atoms with E-state index in [1.54, 1.807) is 12.3 Å². The lowest BCUT2D eigenvalue weighted by atomic mass is 9.77. The Kier molecular flexibility index (Phi) is 4.99. The van der Waals surface area contributed by atoms with Crippen molar-refractivity contribution < 1.29 is 14.6 Å². The van der Waals surface area contributed by atoms with Crippen LogP contribution in [0.2, 0.25) is 5.15 Å². The average Bonchev–Trinajstić information content (AvgIpc) is 2.60. The first-order chi connectivity index (χ1) is 11.5. The molecule has 0 amide bonds. The second kappa shape index (κ2) is 7.01. The van der Waals surface area contributed by atoms with Crippen molar-refractivity contribution in [2.24, 2.45) is 0 Å². The number of aliphatic hydroxyl groups excluding tert-OH is 1. The Morgan fingerprint density at radius 1 is 1.46 bits per heavy atom. The monoisotopic (exact) mass is 349 g/mol. The standard InChI is InChI=1S/C17H20ClN3O3/c1-24-16(23)10-20-17(6-4-12(22)5-7-17)14-3-2-11-9-19-15(18)8-13(11)21-14/h2-3,8-9,12,20,22H,4-7,10H2,1H3. The third kappa shape index (κ3) is 3.50. The molecule has 6 nitrogen and oxygen atoms in total. The number of methoxy groups -OCH3 is 1. The third-order valence-corrected chi connectivity index (χ3v) is 4.84. The molecule has 7 heteroatoms. The Morgan fingerprint density at radius 3 is 2.92 bits per heavy atom. The van der Waals surface area contributed by atoms with E-state index in [4.69, 9.17) is 21.3 Å². The Balaban J connectivity index is 1.96. The summed E-state index contributed by atoms with van der Waals surface area (Å²) >= 11 is 5.97. The minimum Gasteiger partial charge on any atom is -0.468 e. The summed E-state index contributed by atoms with van der Waals surface area (Å²) in [4.78, 5) is 20.4. The van der Waals surface area contributed by atoms with Crippen LogP contribution in [0.5, 0.6) is 0 Å². The van der Waals surface area contributed by atoms with Crippen LogP contribution in [0.25, 0.3) is 10.9 Å². The highest BCUT2D eigenvalue weighted by Gasteiger charge is 2.38. The number of carbonyl (C=O) groups excluding carboxylic acids is 1. The maximum Gasteiger partial charge on any atom is 0.319 e. The molecule has 1 fully saturated rings. The van der Waals surface area contributed by atoms with Gasteiger partial charge in [0.15, 0.2) is 0 Å². The minimum absolute atomic E-state index is 0.101. The summed E-state index contributed by atoms with van der Waals surface area (Å²) in [7, 11) is 1.37. The van der Waals surface area contributed by atoms with Crippen molar-refractivity contribution in [2.45, 2.75) is 37.3 Å². The minimum atomic E-state index is -0.461. The summed E-state index contributed by atoms with van der Waals surface area (Å²) in [5.41, 5.74) is 1.14. The van der Waals surface area contributed by atoms with Crippen LogP contribution in [0, 0.1) is 0 Å². The number of aromatic nitrogens is 2. The van der Waals surface area contributed by atoms with Gasteiger partial charge in [-0.2, -0.15) is 0 Å². The molecule has 2 aromatic rings. The number of carbonyl (C=O) groups is 1. The number of rotatable bonds is 4. The normalized spacial score (nSPS) is 24.0. The van der Waals surface area contributed by atoms with Crippen molar-refractivity contribution in [1.82, 2.24) is 15.3 Å². The van der Waals surface area contributed by atoms with Gasteiger partial charge < -0.3 is 9.84 Å². The van der Waals surface area contributed by atoms with Crippen LogP contribution in [0.4, 0.5) is 0 Å². The summed E-state index contributed by atoms with van der Waals surface area (Å²) in [6.07, 6.45) is 4.09. The molecule has 0 saturated heterocycles. The van der Waals surface area contributed by atoms with Gasteiger partial charge in [-0.25, -0.2) is 4.98 Å². The summed E-state index contributed by atoms with van der Waals surface area (Å²) < 4.78 is 4.73. The third-order valence-electron chi connectivity index (χ3n) is 4.64. The Morgan fingerprint density at radius 2 is 2.21 bits per heavy atom. The van der Waals surface area contributed by atoms with Gasteiger partial charge in [0.2, 0.25) is 0 Å². The maximum absolute atomic E-state index is 11.6. The molecule has 128 valence electrons. The van der Waals surface area contributed by atoms with E-state index < -0.39 is 5.54 Å². The lowest BCUT2D eigenvalue weighted by molar-refractivity contribution is -0.140. The van der Waals surface area contributed by atoms with Gasteiger partial charge in [-0.15, -0.1) is 0 Å². The summed E-state index contributed by atoms with van der Waals surface area (Å²) in [5.74, 6) is -0.325. The zero-order valence-electron chi connectivity index (χ0n) is 13.5. The fraction of sp³-hybridized carbons (Fsp3) is 0.471. The van der Waals surface area contributed by atoms with E-state index in [1.165, 1.54) is 7.11 Å². The van der Waals surface area contributed by atoms with Crippen LogP contribution in [0.1, 0.15) is 31.4 Å². The zero-order valence-corrected chi connectivity index (χ0v) is 14.2. The topological polar surface area (TPSA) is 84.3 Å². The van der Waals surface area contributed by atoms with Gasteiger partial charge in [-0.1, -0.05) is 11.6 Å². The van der Waals surface area contributed by atoms with E-state index in [1.807, 2.05) is 12.1 Å². The smallest absolute Gasteiger partial charge is 0.319 e. The van der Waals surface area contributed by atoms with Gasteiger partial charge in [0.1, 0.15) is 5.15 Å². The predicted octanol–water partition coefficient (Wildman–Crippen LogP) is 2.18. The lowest BCUT2D eigenvalue weighted by Crippen LogP contribution is -2.48. The Bertz CT molecular complexity index is 745. The number of nitrogens with zero attached hydrogens (tertiary/aromatic N) is 2. The van der Waals surface area contributed by atoms with E-state index in [2.05, 4.69) is 10.3 Å². The number of aliphatic hydroxyl groups is 1. The number of ether oxygens (including phenoxy) is 1. The number of halogens is 1. The molecule has 2 heterocycles. The van der Waals surface area contributed by atoms with Crippen LogP contribution in [0.15, 0.2) is 24.4 Å². The van der Waals surface area contributed by atoms with Gasteiger partial charge in [-0.05, 0) is 37.8 Å².